The lowest BCUT2D eigenvalue weighted by molar-refractivity contribution is 0.452. The number of rotatable bonds is 5. The molecule has 32 heavy (non-hydrogen) atoms. The Kier molecular flexibility index (Phi) is 5.65. The molecule has 0 atom stereocenters. The van der Waals surface area contributed by atoms with Gasteiger partial charge in [0.1, 0.15) is 28.7 Å². The first-order chi connectivity index (χ1) is 15.3. The second-order valence-electron chi connectivity index (χ2n) is 7.77. The molecule has 162 valence electrons. The fraction of sp³-hybridized carbons (Fsp3) is 0.111. The van der Waals surface area contributed by atoms with Gasteiger partial charge >= 0.3 is 0 Å². The smallest absolute Gasteiger partial charge is 0.142 e. The van der Waals surface area contributed by atoms with Crippen molar-refractivity contribution in [2.45, 2.75) is 20.8 Å². The first-order valence-electron chi connectivity index (χ1n) is 10.3. The molecule has 0 aliphatic heterocycles. The minimum Gasteiger partial charge on any atom is -0.508 e. The zero-order chi connectivity index (χ0) is 22.8. The van der Waals surface area contributed by atoms with Crippen molar-refractivity contribution in [1.29, 1.82) is 0 Å². The number of phenols is 3. The van der Waals surface area contributed by atoms with E-state index in [1.165, 1.54) is 0 Å². The monoisotopic (exact) mass is 427 g/mol. The number of hydrogen-bond donors (Lipinski definition) is 3. The Bertz CT molecular complexity index is 1230. The van der Waals surface area contributed by atoms with Crippen molar-refractivity contribution in [3.05, 3.63) is 95.6 Å². The maximum absolute atomic E-state index is 10.8. The molecule has 4 aromatic rings. The summed E-state index contributed by atoms with van der Waals surface area (Å²) in [5.74, 6) is 1.48. The predicted molar refractivity (Wildman–Crippen MR) is 127 cm³/mol. The van der Waals surface area contributed by atoms with Crippen LogP contribution in [0.5, 0.6) is 28.7 Å². The van der Waals surface area contributed by atoms with E-state index in [0.29, 0.717) is 28.6 Å². The van der Waals surface area contributed by atoms with Gasteiger partial charge in [-0.15, -0.1) is 0 Å². The molecule has 5 nitrogen and oxygen atoms in total. The van der Waals surface area contributed by atoms with Crippen LogP contribution >= 0.6 is 0 Å². The van der Waals surface area contributed by atoms with Crippen molar-refractivity contribution >= 4 is 17.1 Å². The van der Waals surface area contributed by atoms with Gasteiger partial charge < -0.3 is 25.0 Å². The number of nitrogens with zero attached hydrogens (tertiary/aromatic N) is 1. The van der Waals surface area contributed by atoms with Gasteiger partial charge in [0.2, 0.25) is 0 Å². The van der Waals surface area contributed by atoms with Crippen LogP contribution in [0.25, 0.3) is 0 Å². The normalized spacial score (nSPS) is 10.7. The van der Waals surface area contributed by atoms with Crippen LogP contribution in [0.4, 0.5) is 17.1 Å². The standard InChI is InChI=1S/C27H25NO4/c1-17-13-14-22(16-25(17)29)32-21-10-6-9-20(15-21)28(23-11-4-7-18(2)26(23)30)24-12-5-8-19(3)27(24)31/h4-16,29-31H,1-3H3. The van der Waals surface area contributed by atoms with Crippen molar-refractivity contribution in [3.63, 3.8) is 0 Å². The molecule has 0 aromatic heterocycles. The summed E-state index contributed by atoms with van der Waals surface area (Å²) in [6.07, 6.45) is 0. The topological polar surface area (TPSA) is 73.2 Å². The third-order valence-electron chi connectivity index (χ3n) is 5.41. The lowest BCUT2D eigenvalue weighted by atomic mass is 10.1. The van der Waals surface area contributed by atoms with Crippen LogP contribution in [-0.4, -0.2) is 15.3 Å². The van der Waals surface area contributed by atoms with Gasteiger partial charge in [0.05, 0.1) is 17.1 Å². The largest absolute Gasteiger partial charge is 0.508 e. The summed E-state index contributed by atoms with van der Waals surface area (Å²) in [5.41, 5.74) is 3.99. The Labute approximate surface area is 187 Å². The van der Waals surface area contributed by atoms with Crippen LogP contribution in [0.1, 0.15) is 16.7 Å². The van der Waals surface area contributed by atoms with Crippen molar-refractivity contribution in [2.75, 3.05) is 4.90 Å². The van der Waals surface area contributed by atoms with E-state index >= 15 is 0 Å². The number of aromatic hydroxyl groups is 3. The van der Waals surface area contributed by atoms with Crippen molar-refractivity contribution in [1.82, 2.24) is 0 Å². The zero-order valence-corrected chi connectivity index (χ0v) is 18.2. The Morgan fingerprint density at radius 2 is 1.16 bits per heavy atom. The quantitative estimate of drug-likeness (QED) is 0.320. The van der Waals surface area contributed by atoms with Crippen LogP contribution in [0.3, 0.4) is 0 Å². The number of hydrogen-bond acceptors (Lipinski definition) is 5. The maximum Gasteiger partial charge on any atom is 0.142 e. The average molecular weight is 428 g/mol. The van der Waals surface area contributed by atoms with Crippen LogP contribution in [0.15, 0.2) is 78.9 Å². The number of para-hydroxylation sites is 2. The summed E-state index contributed by atoms with van der Waals surface area (Å²) in [6, 6.07) is 23.5. The van der Waals surface area contributed by atoms with E-state index in [2.05, 4.69) is 0 Å². The zero-order valence-electron chi connectivity index (χ0n) is 18.2. The molecule has 0 bridgehead atoms. The number of aryl methyl sites for hydroxylation is 3. The molecule has 0 fully saturated rings. The fourth-order valence-corrected chi connectivity index (χ4v) is 3.53. The minimum absolute atomic E-state index is 0.128. The summed E-state index contributed by atoms with van der Waals surface area (Å²) in [6.45, 7) is 5.48. The lowest BCUT2D eigenvalue weighted by Crippen LogP contribution is -2.11. The molecule has 0 aliphatic rings. The first-order valence-corrected chi connectivity index (χ1v) is 10.3. The van der Waals surface area contributed by atoms with E-state index in [-0.39, 0.29) is 17.2 Å². The Morgan fingerprint density at radius 3 is 1.75 bits per heavy atom. The highest BCUT2D eigenvalue weighted by molar-refractivity contribution is 5.84. The molecule has 5 heteroatoms. The SMILES string of the molecule is Cc1ccc(Oc2cccc(N(c3cccc(C)c3O)c3cccc(C)c3O)c2)cc1O. The van der Waals surface area contributed by atoms with Gasteiger partial charge in [-0.25, -0.2) is 0 Å². The van der Waals surface area contributed by atoms with Gasteiger partial charge in [-0.05, 0) is 67.8 Å². The van der Waals surface area contributed by atoms with Crippen molar-refractivity contribution < 1.29 is 20.1 Å². The molecule has 0 heterocycles. The molecule has 0 saturated carbocycles. The molecular formula is C27H25NO4. The third-order valence-corrected chi connectivity index (χ3v) is 5.41. The Balaban J connectivity index is 1.83. The molecular weight excluding hydrogens is 402 g/mol. The van der Waals surface area contributed by atoms with E-state index in [0.717, 1.165) is 16.7 Å². The summed E-state index contributed by atoms with van der Waals surface area (Å²) in [7, 11) is 0. The van der Waals surface area contributed by atoms with Crippen LogP contribution in [-0.2, 0) is 0 Å². The van der Waals surface area contributed by atoms with Gasteiger partial charge in [-0.2, -0.15) is 0 Å². The molecule has 0 aliphatic carbocycles. The predicted octanol–water partition coefficient (Wildman–Crippen LogP) is 6.99. The van der Waals surface area contributed by atoms with E-state index in [4.69, 9.17) is 4.74 Å². The molecule has 0 saturated heterocycles. The Morgan fingerprint density at radius 1 is 0.594 bits per heavy atom. The average Bonchev–Trinajstić information content (AvgIpc) is 2.77. The number of ether oxygens (including phenoxy) is 1. The summed E-state index contributed by atoms with van der Waals surface area (Å²) < 4.78 is 5.97. The highest BCUT2D eigenvalue weighted by Crippen LogP contribution is 2.45. The number of anilines is 3. The highest BCUT2D eigenvalue weighted by Gasteiger charge is 2.21. The maximum atomic E-state index is 10.8. The van der Waals surface area contributed by atoms with Crippen molar-refractivity contribution in [2.24, 2.45) is 0 Å². The van der Waals surface area contributed by atoms with E-state index in [9.17, 15) is 15.3 Å². The van der Waals surface area contributed by atoms with Gasteiger partial charge in [-0.3, -0.25) is 0 Å². The second-order valence-corrected chi connectivity index (χ2v) is 7.77. The minimum atomic E-state index is 0.128. The Hall–Kier alpha value is -4.12. The van der Waals surface area contributed by atoms with Gasteiger partial charge in [0, 0.05) is 12.1 Å². The second kappa shape index (κ2) is 8.55. The highest BCUT2D eigenvalue weighted by atomic mass is 16.5. The first kappa shape index (κ1) is 21.1. The van der Waals surface area contributed by atoms with Gasteiger partial charge in [0.15, 0.2) is 0 Å². The van der Waals surface area contributed by atoms with E-state index in [1.54, 1.807) is 35.2 Å². The molecule has 0 spiro atoms. The van der Waals surface area contributed by atoms with Crippen LogP contribution in [0, 0.1) is 20.8 Å². The summed E-state index contributed by atoms with van der Waals surface area (Å²) in [4.78, 5) is 1.80. The fourth-order valence-electron chi connectivity index (χ4n) is 3.53. The van der Waals surface area contributed by atoms with E-state index in [1.807, 2.05) is 69.3 Å². The summed E-state index contributed by atoms with van der Waals surface area (Å²) >= 11 is 0. The van der Waals surface area contributed by atoms with Gasteiger partial charge in [0.25, 0.3) is 0 Å². The number of phenolic OH excluding ortho intramolecular Hbond substituents is 3. The van der Waals surface area contributed by atoms with E-state index < -0.39 is 0 Å². The molecule has 0 unspecified atom stereocenters. The molecule has 4 aromatic carbocycles. The van der Waals surface area contributed by atoms with Crippen LogP contribution < -0.4 is 9.64 Å². The molecule has 0 amide bonds. The van der Waals surface area contributed by atoms with Gasteiger partial charge in [-0.1, -0.05) is 36.4 Å². The molecule has 0 radical (unpaired) electrons. The molecule has 3 N–H and O–H groups in total. The van der Waals surface area contributed by atoms with Crippen LogP contribution in [0.2, 0.25) is 0 Å². The summed E-state index contributed by atoms with van der Waals surface area (Å²) in [5, 5.41) is 31.6. The molecule has 4 rings (SSSR count). The lowest BCUT2D eigenvalue weighted by Gasteiger charge is -2.28. The van der Waals surface area contributed by atoms with Crippen molar-refractivity contribution in [3.8, 4) is 28.7 Å². The third kappa shape index (κ3) is 4.05. The number of benzene rings is 4.